The van der Waals surface area contributed by atoms with Gasteiger partial charge in [0.25, 0.3) is 0 Å². The number of nitrogens with one attached hydrogen (secondary N) is 1. The van der Waals surface area contributed by atoms with Crippen molar-refractivity contribution in [3.05, 3.63) is 24.3 Å². The second-order valence-corrected chi connectivity index (χ2v) is 5.68. The van der Waals surface area contributed by atoms with Crippen LogP contribution in [-0.2, 0) is 0 Å². The second-order valence-electron chi connectivity index (χ2n) is 5.68. The molecule has 1 unspecified atom stereocenters. The van der Waals surface area contributed by atoms with E-state index in [9.17, 15) is 5.11 Å². The number of hydrogen-bond donors (Lipinski definition) is 2. The van der Waals surface area contributed by atoms with Gasteiger partial charge >= 0.3 is 0 Å². The Morgan fingerprint density at radius 1 is 1.21 bits per heavy atom. The van der Waals surface area contributed by atoms with Crippen molar-refractivity contribution in [3.8, 4) is 5.75 Å². The summed E-state index contributed by atoms with van der Waals surface area (Å²) in [6, 6.07) is 8.07. The van der Waals surface area contributed by atoms with E-state index in [0.29, 0.717) is 5.92 Å². The molecule has 0 spiro atoms. The van der Waals surface area contributed by atoms with Gasteiger partial charge in [0, 0.05) is 5.69 Å². The molecule has 3 heteroatoms. The number of aliphatic hydroxyl groups excluding tert-OH is 1. The third kappa shape index (κ3) is 3.87. The third-order valence-electron chi connectivity index (χ3n) is 4.27. The van der Waals surface area contributed by atoms with Crippen LogP contribution in [0, 0.1) is 11.8 Å². The predicted octanol–water partition coefficient (Wildman–Crippen LogP) is 3.29. The number of benzene rings is 1. The van der Waals surface area contributed by atoms with Gasteiger partial charge in [-0.25, -0.2) is 0 Å². The Balaban J connectivity index is 1.94. The van der Waals surface area contributed by atoms with E-state index in [-0.39, 0.29) is 12.6 Å². The zero-order valence-electron chi connectivity index (χ0n) is 11.9. The van der Waals surface area contributed by atoms with E-state index >= 15 is 0 Å². The van der Waals surface area contributed by atoms with Gasteiger partial charge in [-0.15, -0.1) is 0 Å². The Kier molecular flexibility index (Phi) is 5.08. The number of methoxy groups -OCH3 is 1. The number of ether oxygens (including phenoxy) is 1. The summed E-state index contributed by atoms with van der Waals surface area (Å²) in [6.45, 7) is 2.52. The van der Waals surface area contributed by atoms with E-state index in [0.717, 1.165) is 17.4 Å². The summed E-state index contributed by atoms with van der Waals surface area (Å²) in [5, 5.41) is 13.1. The first-order valence-corrected chi connectivity index (χ1v) is 7.24. The van der Waals surface area contributed by atoms with Gasteiger partial charge < -0.3 is 15.2 Å². The molecule has 1 fully saturated rings. The molecule has 2 N–H and O–H groups in total. The maximum absolute atomic E-state index is 9.62. The summed E-state index contributed by atoms with van der Waals surface area (Å²) >= 11 is 0. The molecular weight excluding hydrogens is 238 g/mol. The van der Waals surface area contributed by atoms with Gasteiger partial charge in [-0.2, -0.15) is 0 Å². The van der Waals surface area contributed by atoms with Gasteiger partial charge in [-0.05, 0) is 48.9 Å². The molecule has 0 aromatic heterocycles. The molecule has 106 valence electrons. The fraction of sp³-hybridized carbons (Fsp3) is 0.625. The highest BCUT2D eigenvalue weighted by Gasteiger charge is 2.25. The van der Waals surface area contributed by atoms with Crippen LogP contribution in [0.2, 0.25) is 0 Å². The second kappa shape index (κ2) is 6.80. The molecule has 1 aromatic rings. The molecular formula is C16H25NO2. The van der Waals surface area contributed by atoms with Crippen molar-refractivity contribution in [2.75, 3.05) is 19.0 Å². The van der Waals surface area contributed by atoms with Gasteiger partial charge in [0.05, 0.1) is 19.8 Å². The first-order valence-electron chi connectivity index (χ1n) is 7.24. The quantitative estimate of drug-likeness (QED) is 0.856. The smallest absolute Gasteiger partial charge is 0.119 e. The van der Waals surface area contributed by atoms with Crippen molar-refractivity contribution < 1.29 is 9.84 Å². The molecule has 1 aliphatic rings. The lowest BCUT2D eigenvalue weighted by molar-refractivity contribution is 0.193. The van der Waals surface area contributed by atoms with Crippen molar-refractivity contribution in [2.24, 2.45) is 11.8 Å². The predicted molar refractivity (Wildman–Crippen MR) is 78.6 cm³/mol. The van der Waals surface area contributed by atoms with E-state index < -0.39 is 0 Å². The minimum atomic E-state index is 0.167. The Bertz CT molecular complexity index is 369. The van der Waals surface area contributed by atoms with E-state index in [1.54, 1.807) is 7.11 Å². The fourth-order valence-electron chi connectivity index (χ4n) is 2.90. The molecule has 0 aliphatic heterocycles. The summed E-state index contributed by atoms with van der Waals surface area (Å²) in [4.78, 5) is 0. The zero-order chi connectivity index (χ0) is 13.7. The monoisotopic (exact) mass is 263 g/mol. The average Bonchev–Trinajstić information content (AvgIpc) is 2.46. The van der Waals surface area contributed by atoms with Crippen molar-refractivity contribution in [3.63, 3.8) is 0 Å². The van der Waals surface area contributed by atoms with Gasteiger partial charge in [-0.3, -0.25) is 0 Å². The highest BCUT2D eigenvalue weighted by molar-refractivity contribution is 5.47. The first-order chi connectivity index (χ1) is 9.22. The van der Waals surface area contributed by atoms with E-state index in [1.807, 2.05) is 24.3 Å². The van der Waals surface area contributed by atoms with Crippen LogP contribution in [0.1, 0.15) is 32.6 Å². The first kappa shape index (κ1) is 14.2. The summed E-state index contributed by atoms with van der Waals surface area (Å²) < 4.78 is 5.15. The third-order valence-corrected chi connectivity index (χ3v) is 4.27. The lowest BCUT2D eigenvalue weighted by atomic mass is 9.79. The number of hydrogen-bond acceptors (Lipinski definition) is 3. The lowest BCUT2D eigenvalue weighted by Crippen LogP contribution is -2.34. The summed E-state index contributed by atoms with van der Waals surface area (Å²) in [6.07, 6.45) is 5.00. The molecule has 1 aliphatic carbocycles. The van der Waals surface area contributed by atoms with Crippen molar-refractivity contribution in [1.82, 2.24) is 0 Å². The molecule has 1 saturated carbocycles. The van der Waals surface area contributed by atoms with Gasteiger partial charge in [-0.1, -0.05) is 19.8 Å². The van der Waals surface area contributed by atoms with E-state index in [1.165, 1.54) is 25.7 Å². The van der Waals surface area contributed by atoms with Crippen LogP contribution in [0.25, 0.3) is 0 Å². The minimum absolute atomic E-state index is 0.167. The van der Waals surface area contributed by atoms with Crippen LogP contribution in [0.15, 0.2) is 24.3 Å². The minimum Gasteiger partial charge on any atom is -0.497 e. The maximum atomic E-state index is 9.62. The van der Waals surface area contributed by atoms with E-state index in [2.05, 4.69) is 12.2 Å². The number of aliphatic hydroxyl groups is 1. The standard InChI is InChI=1S/C16H25NO2/c1-12-3-5-13(6-4-12)16(11-18)17-14-7-9-15(19-2)10-8-14/h7-10,12-13,16-18H,3-6,11H2,1-2H3. The molecule has 0 saturated heterocycles. The topological polar surface area (TPSA) is 41.5 Å². The Hall–Kier alpha value is -1.22. The number of rotatable bonds is 5. The van der Waals surface area contributed by atoms with Crippen LogP contribution in [0.4, 0.5) is 5.69 Å². The Morgan fingerprint density at radius 2 is 1.84 bits per heavy atom. The van der Waals surface area contributed by atoms with Crippen molar-refractivity contribution >= 4 is 5.69 Å². The van der Waals surface area contributed by atoms with Crippen LogP contribution in [-0.4, -0.2) is 24.9 Å². The van der Waals surface area contributed by atoms with Gasteiger partial charge in [0.15, 0.2) is 0 Å². The molecule has 0 heterocycles. The highest BCUT2D eigenvalue weighted by atomic mass is 16.5. The highest BCUT2D eigenvalue weighted by Crippen LogP contribution is 2.31. The normalized spacial score (nSPS) is 24.8. The molecule has 1 aromatic carbocycles. The van der Waals surface area contributed by atoms with Crippen LogP contribution < -0.4 is 10.1 Å². The van der Waals surface area contributed by atoms with Crippen LogP contribution in [0.3, 0.4) is 0 Å². The van der Waals surface area contributed by atoms with Gasteiger partial charge in [0.1, 0.15) is 5.75 Å². The Labute approximate surface area is 116 Å². The van der Waals surface area contributed by atoms with Gasteiger partial charge in [0.2, 0.25) is 0 Å². The average molecular weight is 263 g/mol. The molecule has 0 amide bonds. The summed E-state index contributed by atoms with van der Waals surface area (Å²) in [5.41, 5.74) is 1.05. The molecule has 2 rings (SSSR count). The molecule has 3 nitrogen and oxygen atoms in total. The molecule has 19 heavy (non-hydrogen) atoms. The molecule has 0 bridgehead atoms. The summed E-state index contributed by atoms with van der Waals surface area (Å²) in [7, 11) is 1.67. The SMILES string of the molecule is COc1ccc(NC(CO)C2CCC(C)CC2)cc1. The molecule has 1 atom stereocenters. The lowest BCUT2D eigenvalue weighted by Gasteiger charge is -2.32. The maximum Gasteiger partial charge on any atom is 0.119 e. The summed E-state index contributed by atoms with van der Waals surface area (Å²) in [5.74, 6) is 2.29. The number of anilines is 1. The van der Waals surface area contributed by atoms with Crippen LogP contribution >= 0.6 is 0 Å². The largest absolute Gasteiger partial charge is 0.497 e. The van der Waals surface area contributed by atoms with Crippen LogP contribution in [0.5, 0.6) is 5.75 Å². The Morgan fingerprint density at radius 3 is 2.37 bits per heavy atom. The zero-order valence-corrected chi connectivity index (χ0v) is 11.9. The fourth-order valence-corrected chi connectivity index (χ4v) is 2.90. The van der Waals surface area contributed by atoms with E-state index in [4.69, 9.17) is 4.74 Å². The van der Waals surface area contributed by atoms with Crippen molar-refractivity contribution in [1.29, 1.82) is 0 Å². The van der Waals surface area contributed by atoms with Crippen molar-refractivity contribution in [2.45, 2.75) is 38.6 Å². The molecule has 0 radical (unpaired) electrons.